The molecule has 1 atom stereocenters. The van der Waals surface area contributed by atoms with Gasteiger partial charge in [0.25, 0.3) is 0 Å². The number of carbonyl (C=O) groups is 2. The lowest BCUT2D eigenvalue weighted by Gasteiger charge is -2.44. The summed E-state index contributed by atoms with van der Waals surface area (Å²) >= 11 is 0. The highest BCUT2D eigenvalue weighted by molar-refractivity contribution is 5.86. The molecule has 0 bridgehead atoms. The third-order valence-corrected chi connectivity index (χ3v) is 5.76. The first kappa shape index (κ1) is 18.6. The van der Waals surface area contributed by atoms with Crippen LogP contribution in [0.15, 0.2) is 0 Å². The summed E-state index contributed by atoms with van der Waals surface area (Å²) in [4.78, 5) is 29.4. The van der Waals surface area contributed by atoms with Gasteiger partial charge in [0.15, 0.2) is 0 Å². The summed E-state index contributed by atoms with van der Waals surface area (Å²) in [7, 11) is 1.61. The first-order chi connectivity index (χ1) is 12.2. The summed E-state index contributed by atoms with van der Waals surface area (Å²) in [5.74, 6) is 0.227. The van der Waals surface area contributed by atoms with E-state index >= 15 is 0 Å². The molecule has 3 fully saturated rings. The molecule has 0 radical (unpaired) electrons. The lowest BCUT2D eigenvalue weighted by molar-refractivity contribution is -0.151. The van der Waals surface area contributed by atoms with Crippen LogP contribution in [0.25, 0.3) is 0 Å². The standard InChI is InChI=1S/C18H30N2O5/c1-23-11-12-25-13-16(21)19-8-6-18(14-19)5-2-7-20(17(18)22)15-3-9-24-10-4-15/h15H,2-14H2,1H3/t18-/m1/s1. The summed E-state index contributed by atoms with van der Waals surface area (Å²) in [6, 6.07) is 0.306. The van der Waals surface area contributed by atoms with Gasteiger partial charge in [0.05, 0.1) is 18.6 Å². The lowest BCUT2D eigenvalue weighted by Crippen LogP contribution is -2.55. The highest BCUT2D eigenvalue weighted by Gasteiger charge is 2.50. The number of likely N-dealkylation sites (tertiary alicyclic amines) is 2. The average molecular weight is 354 g/mol. The Hall–Kier alpha value is -1.18. The van der Waals surface area contributed by atoms with E-state index in [2.05, 4.69) is 4.90 Å². The monoisotopic (exact) mass is 354 g/mol. The average Bonchev–Trinajstić information content (AvgIpc) is 3.07. The van der Waals surface area contributed by atoms with Crippen LogP contribution in [-0.4, -0.2) is 87.4 Å². The molecule has 0 aromatic rings. The van der Waals surface area contributed by atoms with Gasteiger partial charge in [-0.1, -0.05) is 0 Å². The van der Waals surface area contributed by atoms with E-state index in [0.29, 0.717) is 32.3 Å². The van der Waals surface area contributed by atoms with Crippen molar-refractivity contribution in [1.82, 2.24) is 9.80 Å². The molecule has 0 aromatic carbocycles. The summed E-state index contributed by atoms with van der Waals surface area (Å²) in [5.41, 5.74) is -0.376. The van der Waals surface area contributed by atoms with Gasteiger partial charge in [-0.05, 0) is 32.1 Å². The normalized spacial score (nSPS) is 28.1. The van der Waals surface area contributed by atoms with Crippen LogP contribution < -0.4 is 0 Å². The van der Waals surface area contributed by atoms with E-state index < -0.39 is 0 Å². The molecule has 0 aromatic heterocycles. The van der Waals surface area contributed by atoms with Crippen LogP contribution in [-0.2, 0) is 23.8 Å². The molecular weight excluding hydrogens is 324 g/mol. The van der Waals surface area contributed by atoms with E-state index in [-0.39, 0.29) is 23.8 Å². The molecule has 7 nitrogen and oxygen atoms in total. The van der Waals surface area contributed by atoms with Crippen LogP contribution in [0.5, 0.6) is 0 Å². The molecule has 1 spiro atoms. The van der Waals surface area contributed by atoms with Crippen molar-refractivity contribution >= 4 is 11.8 Å². The number of methoxy groups -OCH3 is 1. The van der Waals surface area contributed by atoms with Gasteiger partial charge in [-0.25, -0.2) is 0 Å². The summed E-state index contributed by atoms with van der Waals surface area (Å²) in [6.45, 7) is 4.48. The smallest absolute Gasteiger partial charge is 0.248 e. The summed E-state index contributed by atoms with van der Waals surface area (Å²) in [5, 5.41) is 0. The van der Waals surface area contributed by atoms with Crippen LogP contribution >= 0.6 is 0 Å². The maximum Gasteiger partial charge on any atom is 0.248 e. The second-order valence-corrected chi connectivity index (χ2v) is 7.34. The quantitative estimate of drug-likeness (QED) is 0.656. The largest absolute Gasteiger partial charge is 0.382 e. The van der Waals surface area contributed by atoms with Gasteiger partial charge >= 0.3 is 0 Å². The fourth-order valence-corrected chi connectivity index (χ4v) is 4.30. The van der Waals surface area contributed by atoms with Crippen molar-refractivity contribution in [1.29, 1.82) is 0 Å². The second kappa shape index (κ2) is 8.47. The highest BCUT2D eigenvalue weighted by Crippen LogP contribution is 2.41. The Labute approximate surface area is 149 Å². The first-order valence-corrected chi connectivity index (χ1v) is 9.39. The number of carbonyl (C=O) groups excluding carboxylic acids is 2. The van der Waals surface area contributed by atoms with Crippen molar-refractivity contribution in [3.05, 3.63) is 0 Å². The molecule has 25 heavy (non-hydrogen) atoms. The van der Waals surface area contributed by atoms with E-state index in [1.165, 1.54) is 0 Å². The Morgan fingerprint density at radius 2 is 2.04 bits per heavy atom. The fraction of sp³-hybridized carbons (Fsp3) is 0.889. The third kappa shape index (κ3) is 4.15. The highest BCUT2D eigenvalue weighted by atomic mass is 16.5. The van der Waals surface area contributed by atoms with E-state index in [1.807, 2.05) is 0 Å². The van der Waals surface area contributed by atoms with Crippen LogP contribution in [0.2, 0.25) is 0 Å². The number of ether oxygens (including phenoxy) is 3. The minimum absolute atomic E-state index is 0.0241. The van der Waals surface area contributed by atoms with Crippen LogP contribution in [0, 0.1) is 5.41 Å². The Morgan fingerprint density at radius 3 is 2.80 bits per heavy atom. The first-order valence-electron chi connectivity index (χ1n) is 9.39. The number of piperidine rings is 1. The van der Waals surface area contributed by atoms with E-state index in [9.17, 15) is 9.59 Å². The number of rotatable bonds is 6. The Kier molecular flexibility index (Phi) is 6.30. The van der Waals surface area contributed by atoms with E-state index in [1.54, 1.807) is 12.0 Å². The summed E-state index contributed by atoms with van der Waals surface area (Å²) < 4.78 is 15.7. The molecular formula is C18H30N2O5. The van der Waals surface area contributed by atoms with Gasteiger partial charge in [-0.3, -0.25) is 9.59 Å². The zero-order valence-corrected chi connectivity index (χ0v) is 15.2. The topological polar surface area (TPSA) is 68.3 Å². The molecule has 0 aliphatic carbocycles. The second-order valence-electron chi connectivity index (χ2n) is 7.34. The molecule has 7 heteroatoms. The van der Waals surface area contributed by atoms with Crippen LogP contribution in [0.1, 0.15) is 32.1 Å². The minimum Gasteiger partial charge on any atom is -0.382 e. The molecule has 2 amide bonds. The number of nitrogens with zero attached hydrogens (tertiary/aromatic N) is 2. The van der Waals surface area contributed by atoms with E-state index in [4.69, 9.17) is 14.2 Å². The predicted octanol–water partition coefficient (Wildman–Crippen LogP) is 0.670. The van der Waals surface area contributed by atoms with E-state index in [0.717, 1.165) is 51.9 Å². The molecule has 0 unspecified atom stereocenters. The molecule has 3 aliphatic heterocycles. The zero-order valence-electron chi connectivity index (χ0n) is 15.2. The van der Waals surface area contributed by atoms with Gasteiger partial charge in [0.2, 0.25) is 11.8 Å². The van der Waals surface area contributed by atoms with Gasteiger partial charge in [-0.15, -0.1) is 0 Å². The Morgan fingerprint density at radius 1 is 1.24 bits per heavy atom. The molecule has 3 aliphatic rings. The van der Waals surface area contributed by atoms with Crippen molar-refractivity contribution in [2.24, 2.45) is 5.41 Å². The molecule has 3 heterocycles. The van der Waals surface area contributed by atoms with Gasteiger partial charge < -0.3 is 24.0 Å². The predicted molar refractivity (Wildman–Crippen MR) is 91.1 cm³/mol. The Balaban J connectivity index is 1.56. The van der Waals surface area contributed by atoms with Gasteiger partial charge in [0, 0.05) is 46.0 Å². The van der Waals surface area contributed by atoms with Crippen molar-refractivity contribution in [3.63, 3.8) is 0 Å². The minimum atomic E-state index is -0.376. The molecule has 142 valence electrons. The maximum atomic E-state index is 13.2. The number of hydrogen-bond donors (Lipinski definition) is 0. The Bertz CT molecular complexity index is 480. The zero-order chi connectivity index (χ0) is 17.7. The van der Waals surface area contributed by atoms with Crippen LogP contribution in [0.3, 0.4) is 0 Å². The van der Waals surface area contributed by atoms with Gasteiger partial charge in [-0.2, -0.15) is 0 Å². The molecule has 3 saturated heterocycles. The third-order valence-electron chi connectivity index (χ3n) is 5.76. The van der Waals surface area contributed by atoms with Crippen molar-refractivity contribution in [2.75, 3.05) is 59.8 Å². The molecule has 3 rings (SSSR count). The van der Waals surface area contributed by atoms with Crippen LogP contribution in [0.4, 0.5) is 0 Å². The SMILES string of the molecule is COCCOCC(=O)N1CC[C@]2(CCCN(C3CCOCC3)C2=O)C1. The molecule has 0 N–H and O–H groups in total. The van der Waals surface area contributed by atoms with Crippen molar-refractivity contribution < 1.29 is 23.8 Å². The van der Waals surface area contributed by atoms with Crippen molar-refractivity contribution in [3.8, 4) is 0 Å². The summed E-state index contributed by atoms with van der Waals surface area (Å²) in [6.07, 6.45) is 4.54. The molecule has 0 saturated carbocycles. The maximum absolute atomic E-state index is 13.2. The number of hydrogen-bond acceptors (Lipinski definition) is 5. The lowest BCUT2D eigenvalue weighted by atomic mass is 9.77. The van der Waals surface area contributed by atoms with Crippen molar-refractivity contribution in [2.45, 2.75) is 38.1 Å². The number of amides is 2. The van der Waals surface area contributed by atoms with Gasteiger partial charge in [0.1, 0.15) is 6.61 Å². The fourth-order valence-electron chi connectivity index (χ4n) is 4.30.